The molecule has 0 aliphatic rings. The smallest absolute Gasteiger partial charge is 0.0562 e. The quantitative estimate of drug-likeness (QED) is 0.144. The van der Waals surface area contributed by atoms with Gasteiger partial charge in [-0.05, 0) is 107 Å². The molecule has 0 saturated carbocycles. The van der Waals surface area contributed by atoms with Gasteiger partial charge in [0.2, 0.25) is 0 Å². The molecule has 0 N–H and O–H groups in total. The molecule has 0 atom stereocenters. The lowest BCUT2D eigenvalue weighted by Gasteiger charge is -2.42. The third kappa shape index (κ3) is 5.89. The van der Waals surface area contributed by atoms with Crippen LogP contribution in [-0.4, -0.2) is 9.13 Å². The molecule has 2 nitrogen and oxygen atoms in total. The van der Waals surface area contributed by atoms with Crippen molar-refractivity contribution in [2.45, 2.75) is 19.6 Å². The first-order valence-electron chi connectivity index (χ1n) is 21.6. The SMILES string of the molecule is c1ccc(-c2ccc(S(c3ccccc3)(c3ccccc3)c3cccc(-n4c5ccccc5c5c(-n6c7ccccc7c7c(-c8ccccc8)cccc76)cccc54)c3)cc2)cc1. The van der Waals surface area contributed by atoms with Crippen molar-refractivity contribution in [3.63, 3.8) is 0 Å². The van der Waals surface area contributed by atoms with Crippen LogP contribution in [0.1, 0.15) is 0 Å². The highest BCUT2D eigenvalue weighted by Gasteiger charge is 2.34. The van der Waals surface area contributed by atoms with E-state index >= 15 is 0 Å². The van der Waals surface area contributed by atoms with Crippen molar-refractivity contribution < 1.29 is 0 Å². The monoisotopic (exact) mass is 822 g/mol. The van der Waals surface area contributed by atoms with E-state index < -0.39 is 10.0 Å². The summed E-state index contributed by atoms with van der Waals surface area (Å²) in [6, 6.07) is 93.8. The van der Waals surface area contributed by atoms with Crippen molar-refractivity contribution in [2.75, 3.05) is 0 Å². The van der Waals surface area contributed by atoms with Crippen LogP contribution in [0, 0.1) is 0 Å². The summed E-state index contributed by atoms with van der Waals surface area (Å²) in [5, 5.41) is 4.97. The zero-order chi connectivity index (χ0) is 41.7. The lowest BCUT2D eigenvalue weighted by atomic mass is 9.99. The van der Waals surface area contributed by atoms with E-state index in [1.807, 2.05) is 0 Å². The van der Waals surface area contributed by atoms with Crippen LogP contribution in [0.2, 0.25) is 0 Å². The number of rotatable bonds is 8. The highest BCUT2D eigenvalue weighted by atomic mass is 32.3. The number of aromatic nitrogens is 2. The second kappa shape index (κ2) is 15.3. The Bertz CT molecular complexity index is 3550. The van der Waals surface area contributed by atoms with Gasteiger partial charge >= 0.3 is 0 Å². The molecule has 2 aromatic heterocycles. The van der Waals surface area contributed by atoms with Crippen molar-refractivity contribution >= 4 is 53.6 Å². The molecular weight excluding hydrogens is 781 g/mol. The topological polar surface area (TPSA) is 9.86 Å². The summed E-state index contributed by atoms with van der Waals surface area (Å²) in [5.74, 6) is 0. The predicted molar refractivity (Wildman–Crippen MR) is 266 cm³/mol. The zero-order valence-electron chi connectivity index (χ0n) is 34.6. The van der Waals surface area contributed by atoms with Gasteiger partial charge in [0.05, 0.1) is 27.8 Å². The van der Waals surface area contributed by atoms with Gasteiger partial charge in [-0.3, -0.25) is 0 Å². The molecule has 0 aliphatic carbocycles. The van der Waals surface area contributed by atoms with Gasteiger partial charge in [-0.2, -0.15) is 0 Å². The van der Waals surface area contributed by atoms with E-state index in [0.29, 0.717) is 0 Å². The summed E-state index contributed by atoms with van der Waals surface area (Å²) in [6.45, 7) is 0. The third-order valence-electron chi connectivity index (χ3n) is 12.6. The van der Waals surface area contributed by atoms with Gasteiger partial charge in [-0.1, -0.05) is 170 Å². The van der Waals surface area contributed by atoms with Gasteiger partial charge in [0, 0.05) is 46.8 Å². The summed E-state index contributed by atoms with van der Waals surface area (Å²) in [6.07, 6.45) is 0. The van der Waals surface area contributed by atoms with Crippen LogP contribution in [-0.2, 0) is 0 Å². The number of benzene rings is 10. The molecule has 0 spiro atoms. The van der Waals surface area contributed by atoms with Gasteiger partial charge in [0.15, 0.2) is 0 Å². The van der Waals surface area contributed by atoms with E-state index in [4.69, 9.17) is 0 Å². The molecule has 0 radical (unpaired) electrons. The summed E-state index contributed by atoms with van der Waals surface area (Å²) in [5.41, 5.74) is 11.9. The predicted octanol–water partition coefficient (Wildman–Crippen LogP) is 16.6. The Morgan fingerprint density at radius 2 is 0.714 bits per heavy atom. The highest BCUT2D eigenvalue weighted by Crippen LogP contribution is 2.73. The minimum Gasteiger partial charge on any atom is -0.309 e. The second-order valence-corrected chi connectivity index (χ2v) is 19.2. The Morgan fingerprint density at radius 3 is 1.37 bits per heavy atom. The highest BCUT2D eigenvalue weighted by molar-refractivity contribution is 8.34. The fourth-order valence-corrected chi connectivity index (χ4v) is 13.9. The molecule has 63 heavy (non-hydrogen) atoms. The first kappa shape index (κ1) is 37.0. The van der Waals surface area contributed by atoms with Crippen LogP contribution >= 0.6 is 10.0 Å². The third-order valence-corrected chi connectivity index (χ3v) is 16.5. The average molecular weight is 823 g/mol. The van der Waals surface area contributed by atoms with Crippen molar-refractivity contribution in [2.24, 2.45) is 0 Å². The fraction of sp³-hybridized carbons (Fsp3) is 0. The summed E-state index contributed by atoms with van der Waals surface area (Å²) in [4.78, 5) is 5.17. The average Bonchev–Trinajstić information content (AvgIpc) is 3.89. The lowest BCUT2D eigenvalue weighted by molar-refractivity contribution is 1.14. The van der Waals surface area contributed by atoms with Crippen LogP contribution < -0.4 is 0 Å². The molecule has 12 rings (SSSR count). The normalized spacial score (nSPS) is 12.1. The van der Waals surface area contributed by atoms with Gasteiger partial charge in [-0.15, -0.1) is 10.0 Å². The summed E-state index contributed by atoms with van der Waals surface area (Å²) >= 11 is 0. The van der Waals surface area contributed by atoms with E-state index in [0.717, 1.165) is 5.69 Å². The molecule has 0 bridgehead atoms. The van der Waals surface area contributed by atoms with Crippen molar-refractivity contribution in [1.82, 2.24) is 9.13 Å². The van der Waals surface area contributed by atoms with E-state index in [-0.39, 0.29) is 0 Å². The Balaban J connectivity index is 1.11. The fourth-order valence-electron chi connectivity index (χ4n) is 9.96. The first-order chi connectivity index (χ1) is 31.3. The number of hydrogen-bond donors (Lipinski definition) is 0. The maximum Gasteiger partial charge on any atom is 0.0562 e. The molecular formula is C60H42N2S. The van der Waals surface area contributed by atoms with E-state index in [1.54, 1.807) is 0 Å². The molecule has 10 aromatic carbocycles. The van der Waals surface area contributed by atoms with Crippen molar-refractivity contribution in [1.29, 1.82) is 0 Å². The minimum atomic E-state index is -1.97. The largest absolute Gasteiger partial charge is 0.309 e. The second-order valence-electron chi connectivity index (χ2n) is 16.1. The van der Waals surface area contributed by atoms with Gasteiger partial charge in [-0.25, -0.2) is 0 Å². The van der Waals surface area contributed by atoms with E-state index in [9.17, 15) is 0 Å². The van der Waals surface area contributed by atoms with Crippen LogP contribution in [0.4, 0.5) is 0 Å². The number of fused-ring (bicyclic) bond motifs is 6. The van der Waals surface area contributed by atoms with Gasteiger partial charge in [0.1, 0.15) is 0 Å². The zero-order valence-corrected chi connectivity index (χ0v) is 35.4. The Labute approximate surface area is 368 Å². The lowest BCUT2D eigenvalue weighted by Crippen LogP contribution is -2.06. The summed E-state index contributed by atoms with van der Waals surface area (Å²) < 4.78 is 4.98. The Morgan fingerprint density at radius 1 is 0.270 bits per heavy atom. The molecule has 3 heteroatoms. The van der Waals surface area contributed by atoms with Crippen LogP contribution in [0.3, 0.4) is 0 Å². The Hall–Kier alpha value is -7.85. The van der Waals surface area contributed by atoms with E-state index in [2.05, 4.69) is 264 Å². The molecule has 0 saturated heterocycles. The van der Waals surface area contributed by atoms with Crippen molar-refractivity contribution in [3.8, 4) is 33.6 Å². The van der Waals surface area contributed by atoms with E-state index in [1.165, 1.54) is 91.1 Å². The standard InChI is InChI=1S/C60H42N2S/c1-5-20-43(21-6-1)44-38-40-49(41-39-44)63(47-25-9-3-10-26-47,48-27-11-4-12-28-48)50-29-17-24-46(42-50)61-54-33-15-14-31-53(54)60-57(61)36-19-37-58(60)62-55-34-16-13-30-52(55)59-51(32-18-35-56(59)62)45-22-7-2-8-23-45/h1-42H. The molecule has 12 aromatic rings. The molecule has 0 amide bonds. The maximum absolute atomic E-state index is 2.49. The number of hydrogen-bond acceptors (Lipinski definition) is 0. The first-order valence-corrected chi connectivity index (χ1v) is 23.2. The molecule has 298 valence electrons. The molecule has 0 aliphatic heterocycles. The minimum absolute atomic E-state index is 1.13. The van der Waals surface area contributed by atoms with Gasteiger partial charge < -0.3 is 9.13 Å². The van der Waals surface area contributed by atoms with Crippen LogP contribution in [0.25, 0.3) is 77.2 Å². The number of para-hydroxylation sites is 2. The number of nitrogens with zero attached hydrogens (tertiary/aromatic N) is 2. The summed E-state index contributed by atoms with van der Waals surface area (Å²) in [7, 11) is -1.97. The van der Waals surface area contributed by atoms with Crippen molar-refractivity contribution in [3.05, 3.63) is 255 Å². The molecule has 0 fully saturated rings. The maximum atomic E-state index is 2.49. The Kier molecular flexibility index (Phi) is 8.95. The molecule has 0 unspecified atom stereocenters. The van der Waals surface area contributed by atoms with Gasteiger partial charge in [0.25, 0.3) is 0 Å². The van der Waals surface area contributed by atoms with Crippen LogP contribution in [0.5, 0.6) is 0 Å². The molecule has 2 heterocycles. The van der Waals surface area contributed by atoms with Crippen LogP contribution in [0.15, 0.2) is 274 Å².